The van der Waals surface area contributed by atoms with Crippen LogP contribution in [-0.2, 0) is 0 Å². The first-order valence-electron chi connectivity index (χ1n) is 7.89. The van der Waals surface area contributed by atoms with Crippen molar-refractivity contribution in [2.75, 3.05) is 13.1 Å². The molecule has 0 aliphatic heterocycles. The Labute approximate surface area is 132 Å². The number of hydrogen-bond donors (Lipinski definition) is 3. The third kappa shape index (κ3) is 4.96. The molecule has 1 aliphatic rings. The number of halogens is 1. The highest BCUT2D eigenvalue weighted by Crippen LogP contribution is 2.33. The molecular formula is C17H26ClNO2. The maximum atomic E-state index is 10.5. The van der Waals surface area contributed by atoms with Crippen LogP contribution in [0.3, 0.4) is 0 Å². The number of aliphatic hydroxyl groups excluding tert-OH is 1. The number of nitrogens with one attached hydrogen (secondary N) is 1. The number of aliphatic hydroxyl groups is 2. The van der Waals surface area contributed by atoms with E-state index in [1.165, 1.54) is 6.42 Å². The van der Waals surface area contributed by atoms with Gasteiger partial charge in [-0.15, -0.1) is 0 Å². The van der Waals surface area contributed by atoms with Crippen molar-refractivity contribution in [3.05, 3.63) is 34.9 Å². The number of hydrogen-bond acceptors (Lipinski definition) is 3. The van der Waals surface area contributed by atoms with E-state index in [0.29, 0.717) is 18.1 Å². The lowest BCUT2D eigenvalue weighted by molar-refractivity contribution is -0.0105. The summed E-state index contributed by atoms with van der Waals surface area (Å²) in [7, 11) is 0. The maximum absolute atomic E-state index is 10.5. The maximum Gasteiger partial charge on any atom is 0.0914 e. The SMILES string of the molecule is CCC1CCC(O)(CNCC(O)c2ccc(Cl)cc2)CC1. The Kier molecular flexibility index (Phi) is 6.06. The van der Waals surface area contributed by atoms with E-state index < -0.39 is 11.7 Å². The fourth-order valence-corrected chi connectivity index (χ4v) is 3.17. The molecule has 0 bridgehead atoms. The molecular weight excluding hydrogens is 286 g/mol. The van der Waals surface area contributed by atoms with Crippen molar-refractivity contribution in [1.29, 1.82) is 0 Å². The molecule has 0 heterocycles. The van der Waals surface area contributed by atoms with Gasteiger partial charge in [0, 0.05) is 18.1 Å². The van der Waals surface area contributed by atoms with Crippen molar-refractivity contribution < 1.29 is 10.2 Å². The van der Waals surface area contributed by atoms with Gasteiger partial charge < -0.3 is 15.5 Å². The second-order valence-electron chi connectivity index (χ2n) is 6.27. The van der Waals surface area contributed by atoms with Crippen LogP contribution in [0.15, 0.2) is 24.3 Å². The van der Waals surface area contributed by atoms with Gasteiger partial charge in [-0.1, -0.05) is 37.1 Å². The van der Waals surface area contributed by atoms with Crippen molar-refractivity contribution in [3.63, 3.8) is 0 Å². The molecule has 21 heavy (non-hydrogen) atoms. The smallest absolute Gasteiger partial charge is 0.0914 e. The van der Waals surface area contributed by atoms with E-state index in [2.05, 4.69) is 12.2 Å². The van der Waals surface area contributed by atoms with E-state index in [1.54, 1.807) is 12.1 Å². The van der Waals surface area contributed by atoms with Crippen molar-refractivity contribution >= 4 is 11.6 Å². The number of rotatable bonds is 6. The molecule has 1 aliphatic carbocycles. The minimum atomic E-state index is -0.606. The van der Waals surface area contributed by atoms with Crippen LogP contribution in [0.4, 0.5) is 0 Å². The highest BCUT2D eigenvalue weighted by atomic mass is 35.5. The van der Waals surface area contributed by atoms with Crippen LogP contribution in [0.2, 0.25) is 5.02 Å². The molecule has 4 heteroatoms. The Bertz CT molecular complexity index is 427. The third-order valence-electron chi connectivity index (χ3n) is 4.66. The monoisotopic (exact) mass is 311 g/mol. The van der Waals surface area contributed by atoms with Crippen LogP contribution in [0, 0.1) is 5.92 Å². The second-order valence-corrected chi connectivity index (χ2v) is 6.71. The summed E-state index contributed by atoms with van der Waals surface area (Å²) in [6, 6.07) is 7.21. The molecule has 1 aromatic carbocycles. The minimum Gasteiger partial charge on any atom is -0.389 e. The first kappa shape index (κ1) is 16.8. The molecule has 0 radical (unpaired) electrons. The molecule has 1 aromatic rings. The molecule has 1 saturated carbocycles. The van der Waals surface area contributed by atoms with Crippen LogP contribution in [-0.4, -0.2) is 28.9 Å². The molecule has 1 fully saturated rings. The zero-order valence-corrected chi connectivity index (χ0v) is 13.4. The fourth-order valence-electron chi connectivity index (χ4n) is 3.04. The first-order chi connectivity index (χ1) is 10.0. The molecule has 3 N–H and O–H groups in total. The van der Waals surface area contributed by atoms with Gasteiger partial charge in [0.25, 0.3) is 0 Å². The lowest BCUT2D eigenvalue weighted by Gasteiger charge is -2.36. The van der Waals surface area contributed by atoms with Crippen molar-refractivity contribution in [2.24, 2.45) is 5.92 Å². The standard InChI is InChI=1S/C17H26ClNO2/c1-2-13-7-9-17(21,10-8-13)12-19-11-16(20)14-3-5-15(18)6-4-14/h3-6,13,16,19-21H,2,7-12H2,1H3. The largest absolute Gasteiger partial charge is 0.389 e. The molecule has 1 unspecified atom stereocenters. The third-order valence-corrected chi connectivity index (χ3v) is 4.91. The van der Waals surface area contributed by atoms with Gasteiger partial charge in [-0.25, -0.2) is 0 Å². The summed E-state index contributed by atoms with van der Waals surface area (Å²) in [6.07, 6.45) is 4.56. The lowest BCUT2D eigenvalue weighted by Crippen LogP contribution is -2.44. The average Bonchev–Trinajstić information content (AvgIpc) is 2.48. The van der Waals surface area contributed by atoms with Crippen LogP contribution >= 0.6 is 11.6 Å². The molecule has 0 saturated heterocycles. The van der Waals surface area contributed by atoms with Crippen LogP contribution < -0.4 is 5.32 Å². The van der Waals surface area contributed by atoms with E-state index in [9.17, 15) is 10.2 Å². The Morgan fingerprint density at radius 2 is 1.90 bits per heavy atom. The lowest BCUT2D eigenvalue weighted by atomic mass is 9.78. The molecule has 2 rings (SSSR count). The summed E-state index contributed by atoms with van der Waals surface area (Å²) in [4.78, 5) is 0. The molecule has 118 valence electrons. The van der Waals surface area contributed by atoms with E-state index >= 15 is 0 Å². The zero-order chi connectivity index (χ0) is 15.3. The fraction of sp³-hybridized carbons (Fsp3) is 0.647. The Morgan fingerprint density at radius 1 is 1.29 bits per heavy atom. The molecule has 3 nitrogen and oxygen atoms in total. The summed E-state index contributed by atoms with van der Waals surface area (Å²) in [6.45, 7) is 3.21. The summed E-state index contributed by atoms with van der Waals surface area (Å²) in [5.41, 5.74) is 0.236. The van der Waals surface area contributed by atoms with Gasteiger partial charge in [0.1, 0.15) is 0 Å². The van der Waals surface area contributed by atoms with Gasteiger partial charge in [-0.05, 0) is 49.3 Å². The zero-order valence-electron chi connectivity index (χ0n) is 12.7. The highest BCUT2D eigenvalue weighted by molar-refractivity contribution is 6.30. The summed E-state index contributed by atoms with van der Waals surface area (Å²) in [5, 5.41) is 24.5. The summed E-state index contributed by atoms with van der Waals surface area (Å²) < 4.78 is 0. The van der Waals surface area contributed by atoms with E-state index in [4.69, 9.17) is 11.6 Å². The van der Waals surface area contributed by atoms with Crippen molar-refractivity contribution in [3.8, 4) is 0 Å². The number of benzene rings is 1. The Balaban J connectivity index is 1.75. The van der Waals surface area contributed by atoms with E-state index in [-0.39, 0.29) is 0 Å². The Hall–Kier alpha value is -0.610. The van der Waals surface area contributed by atoms with Crippen LogP contribution in [0.25, 0.3) is 0 Å². The van der Waals surface area contributed by atoms with Crippen LogP contribution in [0.1, 0.15) is 50.7 Å². The molecule has 0 aromatic heterocycles. The average molecular weight is 312 g/mol. The van der Waals surface area contributed by atoms with Gasteiger partial charge in [-0.3, -0.25) is 0 Å². The first-order valence-corrected chi connectivity index (χ1v) is 8.27. The topological polar surface area (TPSA) is 52.5 Å². The minimum absolute atomic E-state index is 0.446. The Morgan fingerprint density at radius 3 is 2.48 bits per heavy atom. The van der Waals surface area contributed by atoms with Gasteiger partial charge in [0.2, 0.25) is 0 Å². The quantitative estimate of drug-likeness (QED) is 0.755. The normalized spacial score (nSPS) is 27.5. The predicted molar refractivity (Wildman–Crippen MR) is 86.5 cm³/mol. The molecule has 0 spiro atoms. The van der Waals surface area contributed by atoms with Gasteiger partial charge in [0.15, 0.2) is 0 Å². The summed E-state index contributed by atoms with van der Waals surface area (Å²) in [5.74, 6) is 0.768. The highest BCUT2D eigenvalue weighted by Gasteiger charge is 2.32. The van der Waals surface area contributed by atoms with Crippen LogP contribution in [0.5, 0.6) is 0 Å². The molecule has 0 amide bonds. The molecule has 1 atom stereocenters. The van der Waals surface area contributed by atoms with Crippen molar-refractivity contribution in [1.82, 2.24) is 5.32 Å². The van der Waals surface area contributed by atoms with E-state index in [0.717, 1.165) is 37.2 Å². The van der Waals surface area contributed by atoms with Gasteiger partial charge >= 0.3 is 0 Å². The van der Waals surface area contributed by atoms with E-state index in [1.807, 2.05) is 12.1 Å². The van der Waals surface area contributed by atoms with Gasteiger partial charge in [0.05, 0.1) is 11.7 Å². The summed E-state index contributed by atoms with van der Waals surface area (Å²) >= 11 is 5.83. The van der Waals surface area contributed by atoms with Gasteiger partial charge in [-0.2, -0.15) is 0 Å². The predicted octanol–water partition coefficient (Wildman–Crippen LogP) is 3.29. The second kappa shape index (κ2) is 7.59. The van der Waals surface area contributed by atoms with Crippen molar-refractivity contribution in [2.45, 2.75) is 50.7 Å².